The van der Waals surface area contributed by atoms with E-state index >= 15 is 0 Å². The number of pyridine rings is 1. The number of benzene rings is 1. The van der Waals surface area contributed by atoms with Gasteiger partial charge in [-0.3, -0.25) is 9.78 Å². The van der Waals surface area contributed by atoms with Gasteiger partial charge in [-0.1, -0.05) is 6.07 Å². The molecule has 138 valence electrons. The molecule has 0 fully saturated rings. The molecule has 7 heteroatoms. The van der Waals surface area contributed by atoms with Crippen molar-refractivity contribution >= 4 is 11.9 Å². The van der Waals surface area contributed by atoms with Gasteiger partial charge in [-0.2, -0.15) is 0 Å². The Morgan fingerprint density at radius 1 is 1.12 bits per heavy atom. The lowest BCUT2D eigenvalue weighted by Crippen LogP contribution is -2.34. The van der Waals surface area contributed by atoms with Crippen molar-refractivity contribution in [1.82, 2.24) is 9.88 Å². The summed E-state index contributed by atoms with van der Waals surface area (Å²) in [5, 5.41) is 0. The first-order valence-electron chi connectivity index (χ1n) is 8.14. The van der Waals surface area contributed by atoms with Gasteiger partial charge in [-0.25, -0.2) is 4.79 Å². The molecule has 1 aromatic carbocycles. The second-order valence-electron chi connectivity index (χ2n) is 5.42. The summed E-state index contributed by atoms with van der Waals surface area (Å²) in [5.41, 5.74) is 1.19. The van der Waals surface area contributed by atoms with E-state index in [1.807, 2.05) is 19.1 Å². The minimum atomic E-state index is -0.575. The highest BCUT2D eigenvalue weighted by molar-refractivity contribution is 5.90. The molecule has 0 saturated heterocycles. The van der Waals surface area contributed by atoms with Crippen molar-refractivity contribution < 1.29 is 23.8 Å². The van der Waals surface area contributed by atoms with E-state index in [0.717, 1.165) is 5.56 Å². The average Bonchev–Trinajstić information content (AvgIpc) is 2.70. The normalized spacial score (nSPS) is 10.1. The Kier molecular flexibility index (Phi) is 6.96. The van der Waals surface area contributed by atoms with Gasteiger partial charge in [0.1, 0.15) is 0 Å². The number of amides is 1. The molecule has 1 amide bonds. The number of rotatable bonds is 8. The fraction of sp³-hybridized carbons (Fsp3) is 0.316. The molecule has 0 radical (unpaired) electrons. The van der Waals surface area contributed by atoms with Crippen LogP contribution in [-0.2, 0) is 16.1 Å². The summed E-state index contributed by atoms with van der Waals surface area (Å²) < 4.78 is 15.6. The van der Waals surface area contributed by atoms with E-state index in [1.54, 1.807) is 43.5 Å². The third-order valence-electron chi connectivity index (χ3n) is 3.78. The van der Waals surface area contributed by atoms with Crippen molar-refractivity contribution in [3.05, 3.63) is 53.9 Å². The predicted molar refractivity (Wildman–Crippen MR) is 95.2 cm³/mol. The van der Waals surface area contributed by atoms with Crippen LogP contribution in [0, 0.1) is 0 Å². The maximum atomic E-state index is 12.4. The molecule has 0 aliphatic rings. The number of likely N-dealkylation sites (N-methyl/N-ethyl adjacent to an activating group) is 1. The van der Waals surface area contributed by atoms with E-state index < -0.39 is 5.97 Å². The van der Waals surface area contributed by atoms with Gasteiger partial charge in [0, 0.05) is 25.5 Å². The molecule has 7 nitrogen and oxygen atoms in total. The van der Waals surface area contributed by atoms with Gasteiger partial charge in [0.25, 0.3) is 5.91 Å². The Morgan fingerprint density at radius 3 is 2.50 bits per heavy atom. The number of ether oxygens (including phenoxy) is 3. The van der Waals surface area contributed by atoms with Crippen LogP contribution in [0.2, 0.25) is 0 Å². The summed E-state index contributed by atoms with van der Waals surface area (Å²) in [6.07, 6.45) is 2.96. The Bertz CT molecular complexity index is 749. The van der Waals surface area contributed by atoms with Crippen LogP contribution in [0.15, 0.2) is 42.7 Å². The number of hydrogen-bond donors (Lipinski definition) is 0. The first kappa shape index (κ1) is 19.2. The Balaban J connectivity index is 1.97. The zero-order valence-electron chi connectivity index (χ0n) is 15.1. The van der Waals surface area contributed by atoms with Crippen molar-refractivity contribution in [3.8, 4) is 11.5 Å². The van der Waals surface area contributed by atoms with E-state index in [-0.39, 0.29) is 12.5 Å². The van der Waals surface area contributed by atoms with E-state index in [0.29, 0.717) is 30.2 Å². The monoisotopic (exact) mass is 358 g/mol. The van der Waals surface area contributed by atoms with Crippen LogP contribution in [-0.4, -0.2) is 49.1 Å². The highest BCUT2D eigenvalue weighted by atomic mass is 16.5. The molecule has 0 saturated carbocycles. The Hall–Kier alpha value is -3.09. The molecule has 0 N–H and O–H groups in total. The van der Waals surface area contributed by atoms with Gasteiger partial charge >= 0.3 is 5.97 Å². The Morgan fingerprint density at radius 2 is 1.88 bits per heavy atom. The second-order valence-corrected chi connectivity index (χ2v) is 5.42. The van der Waals surface area contributed by atoms with Crippen molar-refractivity contribution in [2.45, 2.75) is 13.5 Å². The second kappa shape index (κ2) is 9.41. The smallest absolute Gasteiger partial charge is 0.340 e. The fourth-order valence-corrected chi connectivity index (χ4v) is 2.36. The molecule has 1 aromatic heterocycles. The summed E-state index contributed by atoms with van der Waals surface area (Å²) in [6.45, 7) is 2.40. The van der Waals surface area contributed by atoms with E-state index in [1.165, 1.54) is 6.20 Å². The zero-order valence-corrected chi connectivity index (χ0v) is 15.1. The first-order chi connectivity index (χ1) is 12.6. The summed E-state index contributed by atoms with van der Waals surface area (Å²) in [7, 11) is 3.12. The lowest BCUT2D eigenvalue weighted by Gasteiger charge is -2.21. The molecule has 0 atom stereocenters. The number of carbonyl (C=O) groups is 2. The number of nitrogens with zero attached hydrogens (tertiary/aromatic N) is 2. The minimum Gasteiger partial charge on any atom is -0.493 e. The maximum Gasteiger partial charge on any atom is 0.340 e. The third kappa shape index (κ3) is 4.95. The standard InChI is InChI=1S/C19H22N2O5/c1-4-21(12-14-7-8-16(24-2)17(10-14)25-3)18(22)13-26-19(23)15-6-5-9-20-11-15/h5-11H,4,12-13H2,1-3H3. The fourth-order valence-electron chi connectivity index (χ4n) is 2.36. The first-order valence-corrected chi connectivity index (χ1v) is 8.14. The molecule has 0 bridgehead atoms. The maximum absolute atomic E-state index is 12.4. The summed E-state index contributed by atoms with van der Waals surface area (Å²) in [5.74, 6) is 0.362. The summed E-state index contributed by atoms with van der Waals surface area (Å²) in [4.78, 5) is 29.7. The number of carbonyl (C=O) groups excluding carboxylic acids is 2. The Labute approximate surface area is 152 Å². The van der Waals surface area contributed by atoms with E-state index in [2.05, 4.69) is 4.98 Å². The number of hydrogen-bond acceptors (Lipinski definition) is 6. The minimum absolute atomic E-state index is 0.278. The average molecular weight is 358 g/mol. The molecule has 2 aromatic rings. The third-order valence-corrected chi connectivity index (χ3v) is 3.78. The molecule has 0 aliphatic heterocycles. The molecule has 0 spiro atoms. The predicted octanol–water partition coefficient (Wildman–Crippen LogP) is 2.30. The quantitative estimate of drug-likeness (QED) is 0.674. The van der Waals surface area contributed by atoms with E-state index in [4.69, 9.17) is 14.2 Å². The number of aromatic nitrogens is 1. The van der Waals surface area contributed by atoms with Gasteiger partial charge in [0.2, 0.25) is 0 Å². The highest BCUT2D eigenvalue weighted by Crippen LogP contribution is 2.28. The van der Waals surface area contributed by atoms with Gasteiger partial charge in [-0.15, -0.1) is 0 Å². The summed E-state index contributed by atoms with van der Waals surface area (Å²) in [6, 6.07) is 8.68. The van der Waals surface area contributed by atoms with Crippen LogP contribution >= 0.6 is 0 Å². The van der Waals surface area contributed by atoms with Gasteiger partial charge < -0.3 is 19.1 Å². The molecule has 1 heterocycles. The van der Waals surface area contributed by atoms with Crippen molar-refractivity contribution in [3.63, 3.8) is 0 Å². The van der Waals surface area contributed by atoms with Crippen LogP contribution in [0.5, 0.6) is 11.5 Å². The SMILES string of the molecule is CCN(Cc1ccc(OC)c(OC)c1)C(=O)COC(=O)c1cccnc1. The van der Waals surface area contributed by atoms with Crippen LogP contribution in [0.1, 0.15) is 22.8 Å². The zero-order chi connectivity index (χ0) is 18.9. The molecular formula is C19H22N2O5. The van der Waals surface area contributed by atoms with Crippen LogP contribution in [0.25, 0.3) is 0 Å². The van der Waals surface area contributed by atoms with Crippen LogP contribution in [0.4, 0.5) is 0 Å². The van der Waals surface area contributed by atoms with Crippen LogP contribution in [0.3, 0.4) is 0 Å². The highest BCUT2D eigenvalue weighted by Gasteiger charge is 2.16. The lowest BCUT2D eigenvalue weighted by molar-refractivity contribution is -0.134. The molecular weight excluding hydrogens is 336 g/mol. The van der Waals surface area contributed by atoms with Crippen LogP contribution < -0.4 is 9.47 Å². The van der Waals surface area contributed by atoms with Crippen molar-refractivity contribution in [1.29, 1.82) is 0 Å². The van der Waals surface area contributed by atoms with Crippen molar-refractivity contribution in [2.75, 3.05) is 27.4 Å². The summed E-state index contributed by atoms with van der Waals surface area (Å²) >= 11 is 0. The number of esters is 1. The van der Waals surface area contributed by atoms with E-state index in [9.17, 15) is 9.59 Å². The van der Waals surface area contributed by atoms with Gasteiger partial charge in [-0.05, 0) is 36.8 Å². The van der Waals surface area contributed by atoms with Crippen molar-refractivity contribution in [2.24, 2.45) is 0 Å². The molecule has 26 heavy (non-hydrogen) atoms. The largest absolute Gasteiger partial charge is 0.493 e. The lowest BCUT2D eigenvalue weighted by atomic mass is 10.2. The topological polar surface area (TPSA) is 78.0 Å². The molecule has 0 aliphatic carbocycles. The van der Waals surface area contributed by atoms with Gasteiger partial charge in [0.05, 0.1) is 19.8 Å². The number of methoxy groups -OCH3 is 2. The molecule has 0 unspecified atom stereocenters. The van der Waals surface area contributed by atoms with Gasteiger partial charge in [0.15, 0.2) is 18.1 Å². The molecule has 2 rings (SSSR count).